The molecule has 0 aromatic heterocycles. The van der Waals surface area contributed by atoms with Crippen LogP contribution >= 0.6 is 23.5 Å². The fourth-order valence-electron chi connectivity index (χ4n) is 2.88. The van der Waals surface area contributed by atoms with E-state index < -0.39 is 0 Å². The Morgan fingerprint density at radius 1 is 0.633 bits per heavy atom. The predicted molar refractivity (Wildman–Crippen MR) is 126 cm³/mol. The second kappa shape index (κ2) is 11.1. The Bertz CT molecular complexity index is 1090. The summed E-state index contributed by atoms with van der Waals surface area (Å²) in [5.41, 5.74) is 3.55. The third kappa shape index (κ3) is 6.01. The van der Waals surface area contributed by atoms with Gasteiger partial charge < -0.3 is 12.4 Å². The van der Waals surface area contributed by atoms with Gasteiger partial charge in [-0.05, 0) is 61.0 Å². The molecule has 0 spiro atoms. The summed E-state index contributed by atoms with van der Waals surface area (Å²) in [6.45, 7) is 2.11. The van der Waals surface area contributed by atoms with Crippen molar-refractivity contribution in [1.82, 2.24) is 0 Å². The van der Waals surface area contributed by atoms with Gasteiger partial charge >= 0.3 is 0 Å². The minimum absolute atomic E-state index is 0. The molecule has 30 heavy (non-hydrogen) atoms. The van der Waals surface area contributed by atoms with E-state index in [1.54, 1.807) is 23.5 Å². The normalized spacial score (nSPS) is 10.8. The van der Waals surface area contributed by atoms with Crippen LogP contribution in [0.15, 0.2) is 124 Å². The van der Waals surface area contributed by atoms with Crippen LogP contribution in [0.25, 0.3) is 4.91 Å². The Morgan fingerprint density at radius 3 is 1.87 bits per heavy atom. The Hall–Kier alpha value is -2.48. The zero-order valence-corrected chi connectivity index (χ0v) is 19.0. The lowest BCUT2D eigenvalue weighted by molar-refractivity contribution is -0.00000559. The van der Waals surface area contributed by atoms with Crippen molar-refractivity contribution in [3.8, 4) is 0 Å². The van der Waals surface area contributed by atoms with Crippen molar-refractivity contribution < 1.29 is 12.4 Å². The van der Waals surface area contributed by atoms with Gasteiger partial charge in [-0.2, -0.15) is 0 Å². The highest BCUT2D eigenvalue weighted by atomic mass is 35.5. The zero-order valence-electron chi connectivity index (χ0n) is 16.6. The molecule has 0 N–H and O–H groups in total. The number of benzene rings is 4. The molecule has 0 saturated heterocycles. The van der Waals surface area contributed by atoms with E-state index in [2.05, 4.69) is 122 Å². The standard InChI is InChI=1S/C27H21S2.ClH/c1-21-16-18-22(19-17-21)20-27(29-24-12-6-3-7-13-24)25-14-8-9-15-26(25)28-23-10-4-2-5-11-23;/h2-19H,1H3;1H/q+1;/p-1. The summed E-state index contributed by atoms with van der Waals surface area (Å²) in [7, 11) is 0. The van der Waals surface area contributed by atoms with Crippen molar-refractivity contribution in [3.63, 3.8) is 0 Å². The van der Waals surface area contributed by atoms with E-state index in [1.165, 1.54) is 25.8 Å². The summed E-state index contributed by atoms with van der Waals surface area (Å²) < 4.78 is 0. The molecule has 0 aliphatic carbocycles. The fraction of sp³-hybridized carbons (Fsp3) is 0.0370. The molecule has 4 rings (SSSR count). The number of rotatable bonds is 6. The van der Waals surface area contributed by atoms with E-state index in [0.717, 1.165) is 10.5 Å². The first-order chi connectivity index (χ1) is 14.3. The van der Waals surface area contributed by atoms with Crippen LogP contribution in [0.1, 0.15) is 16.7 Å². The number of hydrogen-bond acceptors (Lipinski definition) is 2. The van der Waals surface area contributed by atoms with E-state index >= 15 is 0 Å². The van der Waals surface area contributed by atoms with Crippen molar-refractivity contribution in [1.29, 1.82) is 0 Å². The van der Waals surface area contributed by atoms with Crippen molar-refractivity contribution in [2.45, 2.75) is 21.6 Å². The van der Waals surface area contributed by atoms with Crippen molar-refractivity contribution in [2.24, 2.45) is 0 Å². The highest BCUT2D eigenvalue weighted by molar-refractivity contribution is 8.08. The van der Waals surface area contributed by atoms with Gasteiger partial charge in [0.2, 0.25) is 0 Å². The molecule has 4 aromatic carbocycles. The highest BCUT2D eigenvalue weighted by Crippen LogP contribution is 2.41. The van der Waals surface area contributed by atoms with E-state index in [4.69, 9.17) is 0 Å². The second-order valence-electron chi connectivity index (χ2n) is 6.65. The summed E-state index contributed by atoms with van der Waals surface area (Å²) in [4.78, 5) is 4.80. The third-order valence-electron chi connectivity index (χ3n) is 4.38. The molecular weight excluding hydrogens is 424 g/mol. The predicted octanol–water partition coefficient (Wildman–Crippen LogP) is 5.13. The summed E-state index contributed by atoms with van der Waals surface area (Å²) in [5, 5.41) is 0. The van der Waals surface area contributed by atoms with Crippen LogP contribution in [-0.4, -0.2) is 0 Å². The quantitative estimate of drug-likeness (QED) is 0.229. The lowest BCUT2D eigenvalue weighted by atomic mass is 10.1. The maximum atomic E-state index is 3.66. The molecule has 148 valence electrons. The van der Waals surface area contributed by atoms with Crippen LogP contribution in [0.3, 0.4) is 0 Å². The third-order valence-corrected chi connectivity index (χ3v) is 6.49. The second-order valence-corrected chi connectivity index (χ2v) is 8.85. The monoisotopic (exact) mass is 444 g/mol. The van der Waals surface area contributed by atoms with Crippen LogP contribution in [0.2, 0.25) is 0 Å². The first kappa shape index (κ1) is 22.2. The molecule has 0 unspecified atom stereocenters. The van der Waals surface area contributed by atoms with Crippen molar-refractivity contribution >= 4 is 28.4 Å². The molecule has 0 bridgehead atoms. The topological polar surface area (TPSA) is 0 Å². The minimum Gasteiger partial charge on any atom is -1.00 e. The van der Waals surface area contributed by atoms with E-state index in [0.29, 0.717) is 0 Å². The number of thioether (sulfide) groups is 1. The SMILES string of the molecule is Cc1ccc([C+]=C(Sc2ccccc2)c2ccccc2Sc2ccccc2)cc1.[Cl-]. The molecule has 0 saturated carbocycles. The maximum absolute atomic E-state index is 3.66. The summed E-state index contributed by atoms with van der Waals surface area (Å²) >= 11 is 3.55. The van der Waals surface area contributed by atoms with Gasteiger partial charge in [-0.15, -0.1) is 0 Å². The molecule has 4 aromatic rings. The Labute approximate surface area is 193 Å². The number of halogens is 1. The Balaban J connectivity index is 0.00000256. The van der Waals surface area contributed by atoms with E-state index in [1.807, 2.05) is 0 Å². The van der Waals surface area contributed by atoms with Crippen LogP contribution in [0.5, 0.6) is 0 Å². The molecule has 0 atom stereocenters. The molecule has 0 amide bonds. The maximum Gasteiger partial charge on any atom is 0.155 e. The van der Waals surface area contributed by atoms with Gasteiger partial charge in [0.25, 0.3) is 0 Å². The van der Waals surface area contributed by atoms with Crippen molar-refractivity contribution in [2.75, 3.05) is 0 Å². The molecule has 0 heterocycles. The van der Waals surface area contributed by atoms with Crippen LogP contribution < -0.4 is 12.4 Å². The van der Waals surface area contributed by atoms with Gasteiger partial charge in [0.15, 0.2) is 4.91 Å². The average molecular weight is 445 g/mol. The van der Waals surface area contributed by atoms with Gasteiger partial charge in [0.1, 0.15) is 5.56 Å². The molecule has 0 radical (unpaired) electrons. The Morgan fingerprint density at radius 2 is 1.20 bits per heavy atom. The van der Waals surface area contributed by atoms with Crippen LogP contribution in [0.4, 0.5) is 0 Å². The lowest BCUT2D eigenvalue weighted by Gasteiger charge is -2.08. The smallest absolute Gasteiger partial charge is 0.155 e. The first-order valence-corrected chi connectivity index (χ1v) is 11.2. The van der Waals surface area contributed by atoms with Crippen molar-refractivity contribution in [3.05, 3.63) is 132 Å². The Kier molecular flexibility index (Phi) is 8.19. The van der Waals surface area contributed by atoms with Gasteiger partial charge in [-0.1, -0.05) is 72.1 Å². The molecule has 3 heteroatoms. The highest BCUT2D eigenvalue weighted by Gasteiger charge is 2.17. The van der Waals surface area contributed by atoms with Gasteiger partial charge in [-0.3, -0.25) is 0 Å². The molecule has 0 fully saturated rings. The minimum atomic E-state index is 0. The summed E-state index contributed by atoms with van der Waals surface area (Å²) in [6.07, 6.45) is 3.66. The van der Waals surface area contributed by atoms with Gasteiger partial charge in [-0.25, -0.2) is 0 Å². The van der Waals surface area contributed by atoms with E-state index in [-0.39, 0.29) is 12.4 Å². The van der Waals surface area contributed by atoms with E-state index in [9.17, 15) is 0 Å². The molecule has 0 aliphatic heterocycles. The zero-order chi connectivity index (χ0) is 19.9. The molecule has 0 nitrogen and oxygen atoms in total. The van der Waals surface area contributed by atoms with Crippen LogP contribution in [-0.2, 0) is 0 Å². The lowest BCUT2D eigenvalue weighted by Crippen LogP contribution is -3.00. The van der Waals surface area contributed by atoms with Crippen LogP contribution in [0, 0.1) is 13.0 Å². The molecule has 0 aliphatic rings. The number of hydrogen-bond donors (Lipinski definition) is 0. The number of aryl methyl sites for hydroxylation is 1. The molecular formula is C27H21ClS2. The van der Waals surface area contributed by atoms with Gasteiger partial charge in [0.05, 0.1) is 10.5 Å². The summed E-state index contributed by atoms with van der Waals surface area (Å²) in [5.74, 6) is 0. The first-order valence-electron chi connectivity index (χ1n) is 9.54. The van der Waals surface area contributed by atoms with Gasteiger partial charge in [0, 0.05) is 28.0 Å². The fourth-order valence-corrected chi connectivity index (χ4v) is 4.91. The summed E-state index contributed by atoms with van der Waals surface area (Å²) in [6, 6.07) is 38.2. The average Bonchev–Trinajstić information content (AvgIpc) is 2.77. The largest absolute Gasteiger partial charge is 1.00 e.